The van der Waals surface area contributed by atoms with Gasteiger partial charge in [0, 0.05) is 18.0 Å². The lowest BCUT2D eigenvalue weighted by Crippen LogP contribution is -2.40. The highest BCUT2D eigenvalue weighted by atomic mass is 19.4. The van der Waals surface area contributed by atoms with Crippen LogP contribution in [0.1, 0.15) is 31.0 Å². The number of Topliss-reactive ketones (excluding diaryl/α,β-unsaturated/α-hetero) is 1. The third-order valence-corrected chi connectivity index (χ3v) is 4.82. The number of benzene rings is 2. The number of fused-ring (bicyclic) bond motifs is 1. The summed E-state index contributed by atoms with van der Waals surface area (Å²) < 4.78 is 79.9. The molecule has 1 heterocycles. The van der Waals surface area contributed by atoms with E-state index in [0.717, 1.165) is 29.9 Å². The topological polar surface area (TPSA) is 59.5 Å². The van der Waals surface area contributed by atoms with Crippen LogP contribution in [0.4, 0.5) is 32.0 Å². The maximum Gasteiger partial charge on any atom is 0.417 e. The molecule has 0 bridgehead atoms. The Kier molecular flexibility index (Phi) is 6.95. The van der Waals surface area contributed by atoms with Gasteiger partial charge in [-0.2, -0.15) is 31.4 Å². The zero-order valence-corrected chi connectivity index (χ0v) is 16.4. The van der Waals surface area contributed by atoms with Crippen molar-refractivity contribution in [2.75, 3.05) is 0 Å². The molecule has 1 N–H and O–H groups in total. The van der Waals surface area contributed by atoms with Crippen LogP contribution < -0.4 is 0 Å². The number of hydrogen-bond donors (Lipinski definition) is 1. The van der Waals surface area contributed by atoms with Crippen molar-refractivity contribution in [1.82, 2.24) is 9.78 Å². The van der Waals surface area contributed by atoms with Crippen LogP contribution in [-0.2, 0) is 30.1 Å². The SMILES string of the molecule is C.[C-]#[N+]c1ccc(CC(=O)[C@@](C)(O)Cn2cc3c(C(F)(F)F)cccc3n2)cc1C(F)(F)F. The van der Waals surface area contributed by atoms with Crippen molar-refractivity contribution >= 4 is 22.4 Å². The number of carbonyl (C=O) groups excluding carboxylic acids is 1. The predicted octanol–water partition coefficient (Wildman–Crippen LogP) is 5.82. The summed E-state index contributed by atoms with van der Waals surface area (Å²) in [6, 6.07) is 6.17. The summed E-state index contributed by atoms with van der Waals surface area (Å²) in [5.74, 6) is -0.864. The number of alkyl halides is 6. The molecular formula is C22H19F6N3O2. The van der Waals surface area contributed by atoms with Crippen molar-refractivity contribution in [2.24, 2.45) is 0 Å². The maximum atomic E-state index is 13.2. The van der Waals surface area contributed by atoms with E-state index in [1.165, 1.54) is 18.2 Å². The molecule has 5 nitrogen and oxygen atoms in total. The van der Waals surface area contributed by atoms with Crippen molar-refractivity contribution < 1.29 is 36.2 Å². The van der Waals surface area contributed by atoms with Gasteiger partial charge in [-0.1, -0.05) is 31.7 Å². The second-order valence-corrected chi connectivity index (χ2v) is 7.40. The van der Waals surface area contributed by atoms with Crippen LogP contribution >= 0.6 is 0 Å². The van der Waals surface area contributed by atoms with Crippen molar-refractivity contribution in [1.29, 1.82) is 0 Å². The smallest absolute Gasteiger partial charge is 0.380 e. The number of aromatic nitrogens is 2. The van der Waals surface area contributed by atoms with E-state index in [0.29, 0.717) is 6.07 Å². The number of ketones is 1. The van der Waals surface area contributed by atoms with Gasteiger partial charge in [0.2, 0.25) is 0 Å². The summed E-state index contributed by atoms with van der Waals surface area (Å²) >= 11 is 0. The molecule has 3 aromatic rings. The normalized spacial score (nSPS) is 13.8. The highest BCUT2D eigenvalue weighted by Crippen LogP contribution is 2.37. The quantitative estimate of drug-likeness (QED) is 0.377. The van der Waals surface area contributed by atoms with Gasteiger partial charge in [-0.3, -0.25) is 9.48 Å². The molecule has 33 heavy (non-hydrogen) atoms. The van der Waals surface area contributed by atoms with Crippen molar-refractivity contribution in [3.05, 3.63) is 70.7 Å². The molecule has 176 valence electrons. The lowest BCUT2D eigenvalue weighted by Gasteiger charge is -2.22. The minimum atomic E-state index is -4.80. The summed E-state index contributed by atoms with van der Waals surface area (Å²) in [6.45, 7) is 7.43. The molecule has 0 aliphatic carbocycles. The van der Waals surface area contributed by atoms with Crippen LogP contribution in [0.5, 0.6) is 0 Å². The van der Waals surface area contributed by atoms with E-state index in [1.807, 2.05) is 0 Å². The molecule has 1 aromatic heterocycles. The molecule has 2 aromatic carbocycles. The van der Waals surface area contributed by atoms with E-state index in [4.69, 9.17) is 6.57 Å². The van der Waals surface area contributed by atoms with Crippen molar-refractivity contribution in [2.45, 2.75) is 45.3 Å². The fourth-order valence-electron chi connectivity index (χ4n) is 3.22. The van der Waals surface area contributed by atoms with Gasteiger partial charge in [0.1, 0.15) is 5.60 Å². The molecular weight excluding hydrogens is 452 g/mol. The number of carbonyl (C=O) groups is 1. The second-order valence-electron chi connectivity index (χ2n) is 7.40. The average Bonchev–Trinajstić information content (AvgIpc) is 3.07. The number of nitrogens with zero attached hydrogens (tertiary/aromatic N) is 3. The van der Waals surface area contributed by atoms with Crippen LogP contribution in [0.3, 0.4) is 0 Å². The third-order valence-electron chi connectivity index (χ3n) is 4.82. The number of rotatable bonds is 5. The van der Waals surface area contributed by atoms with Gasteiger partial charge in [0.05, 0.1) is 29.8 Å². The fraction of sp³-hybridized carbons (Fsp3) is 0.318. The standard InChI is InChI=1S/C21H15F6N3O2.CH4/c1-19(32,11-30-10-13-14(20(22,23)24)4-3-5-16(13)29-30)18(31)9-12-6-7-17(28-2)15(8-12)21(25,26)27;/h3-8,10,32H,9,11H2,1H3;1H4/t19-;/m0./s1. The van der Waals surface area contributed by atoms with E-state index in [1.54, 1.807) is 0 Å². The molecule has 0 amide bonds. The Hall–Kier alpha value is -3.39. The summed E-state index contributed by atoms with van der Waals surface area (Å²) in [4.78, 5) is 15.4. The Balaban J connectivity index is 0.00000385. The van der Waals surface area contributed by atoms with Gasteiger partial charge in [-0.05, 0) is 24.6 Å². The van der Waals surface area contributed by atoms with Crippen LogP contribution in [0.25, 0.3) is 15.7 Å². The highest BCUT2D eigenvalue weighted by molar-refractivity contribution is 5.89. The van der Waals surface area contributed by atoms with Crippen molar-refractivity contribution in [3.63, 3.8) is 0 Å². The first-order chi connectivity index (χ1) is 14.7. The first-order valence-corrected chi connectivity index (χ1v) is 9.09. The monoisotopic (exact) mass is 471 g/mol. The molecule has 0 spiro atoms. The van der Waals surface area contributed by atoms with Crippen LogP contribution in [-0.4, -0.2) is 26.3 Å². The Morgan fingerprint density at radius 1 is 1.09 bits per heavy atom. The first-order valence-electron chi connectivity index (χ1n) is 9.09. The van der Waals surface area contributed by atoms with E-state index >= 15 is 0 Å². The predicted molar refractivity (Wildman–Crippen MR) is 109 cm³/mol. The van der Waals surface area contributed by atoms with Gasteiger partial charge >= 0.3 is 12.4 Å². The van der Waals surface area contributed by atoms with Gasteiger partial charge in [-0.15, -0.1) is 0 Å². The first kappa shape index (κ1) is 25.9. The summed E-state index contributed by atoms with van der Waals surface area (Å²) in [5, 5.41) is 14.3. The van der Waals surface area contributed by atoms with E-state index in [2.05, 4.69) is 9.94 Å². The van der Waals surface area contributed by atoms with Gasteiger partial charge < -0.3 is 5.11 Å². The Morgan fingerprint density at radius 2 is 1.73 bits per heavy atom. The Bertz CT molecular complexity index is 1220. The Morgan fingerprint density at radius 3 is 2.30 bits per heavy atom. The fourth-order valence-corrected chi connectivity index (χ4v) is 3.22. The molecule has 0 unspecified atom stereocenters. The summed E-state index contributed by atoms with van der Waals surface area (Å²) in [6.07, 6.45) is -8.96. The van der Waals surface area contributed by atoms with Crippen LogP contribution in [0.2, 0.25) is 0 Å². The van der Waals surface area contributed by atoms with Crippen molar-refractivity contribution in [3.8, 4) is 0 Å². The average molecular weight is 471 g/mol. The van der Waals surface area contributed by atoms with Crippen LogP contribution in [0, 0.1) is 6.57 Å². The zero-order valence-electron chi connectivity index (χ0n) is 16.4. The molecule has 3 rings (SSSR count). The minimum absolute atomic E-state index is 0. The maximum absolute atomic E-state index is 13.2. The molecule has 0 radical (unpaired) electrons. The molecule has 0 fully saturated rings. The largest absolute Gasteiger partial charge is 0.417 e. The van der Waals surface area contributed by atoms with Gasteiger partial charge in [-0.25, -0.2) is 4.85 Å². The lowest BCUT2D eigenvalue weighted by molar-refractivity contribution is -0.138. The number of hydrogen-bond acceptors (Lipinski definition) is 3. The third kappa shape index (κ3) is 5.51. The molecule has 0 aliphatic rings. The Labute approximate surface area is 185 Å². The van der Waals surface area contributed by atoms with Crippen LogP contribution in [0.15, 0.2) is 42.6 Å². The number of halogens is 6. The summed E-state index contributed by atoms with van der Waals surface area (Å²) in [5.41, 5.74) is -4.93. The second kappa shape index (κ2) is 8.86. The van der Waals surface area contributed by atoms with E-state index in [9.17, 15) is 36.2 Å². The number of aliphatic hydroxyl groups is 1. The molecule has 11 heteroatoms. The lowest BCUT2D eigenvalue weighted by atomic mass is 9.94. The summed E-state index contributed by atoms with van der Waals surface area (Å²) in [7, 11) is 0. The molecule has 0 saturated heterocycles. The van der Waals surface area contributed by atoms with Gasteiger partial charge in [0.15, 0.2) is 11.5 Å². The van der Waals surface area contributed by atoms with E-state index in [-0.39, 0.29) is 23.9 Å². The molecule has 0 saturated carbocycles. The van der Waals surface area contributed by atoms with Gasteiger partial charge in [0.25, 0.3) is 0 Å². The zero-order chi connectivity index (χ0) is 23.9. The molecule has 1 atom stereocenters. The molecule has 0 aliphatic heterocycles. The van der Waals surface area contributed by atoms with E-state index < -0.39 is 53.5 Å². The minimum Gasteiger partial charge on any atom is -0.380 e. The highest BCUT2D eigenvalue weighted by Gasteiger charge is 2.36.